The summed E-state index contributed by atoms with van der Waals surface area (Å²) in [6.45, 7) is 8.08. The van der Waals surface area contributed by atoms with E-state index in [9.17, 15) is 4.79 Å². The molecule has 1 aromatic carbocycles. The van der Waals surface area contributed by atoms with Crippen molar-refractivity contribution in [3.8, 4) is 0 Å². The van der Waals surface area contributed by atoms with Gasteiger partial charge in [0.2, 0.25) is 0 Å². The maximum atomic E-state index is 10.8. The molecule has 1 aromatic rings. The lowest BCUT2D eigenvalue weighted by Gasteiger charge is -2.11. The van der Waals surface area contributed by atoms with Crippen molar-refractivity contribution in [3.05, 3.63) is 41.0 Å². The van der Waals surface area contributed by atoms with Crippen molar-refractivity contribution in [1.29, 1.82) is 0 Å². The highest BCUT2D eigenvalue weighted by molar-refractivity contribution is 5.66. The van der Waals surface area contributed by atoms with E-state index < -0.39 is 0 Å². The van der Waals surface area contributed by atoms with E-state index in [0.717, 1.165) is 11.1 Å². The number of hydrogen-bond donors (Lipinski definition) is 0. The Morgan fingerprint density at radius 1 is 1.41 bits per heavy atom. The maximum Gasteiger partial charge on any atom is 0.302 e. The molecule has 0 spiro atoms. The molecule has 0 fully saturated rings. The summed E-state index contributed by atoms with van der Waals surface area (Å²) in [6.07, 6.45) is 2.10. The quantitative estimate of drug-likeness (QED) is 0.741. The Morgan fingerprint density at radius 3 is 2.65 bits per heavy atom. The molecule has 0 amide bonds. The summed E-state index contributed by atoms with van der Waals surface area (Å²) in [5.74, 6) is 0.135. The lowest BCUT2D eigenvalue weighted by molar-refractivity contribution is -0.140. The van der Waals surface area contributed by atoms with Crippen molar-refractivity contribution < 1.29 is 9.53 Å². The zero-order valence-electron chi connectivity index (χ0n) is 11.0. The molecule has 0 atom stereocenters. The van der Waals surface area contributed by atoms with Gasteiger partial charge >= 0.3 is 5.97 Å². The molecule has 0 aliphatic heterocycles. The van der Waals surface area contributed by atoms with Crippen LogP contribution in [0.1, 0.15) is 31.9 Å². The van der Waals surface area contributed by atoms with Crippen LogP contribution in [-0.4, -0.2) is 12.6 Å². The minimum absolute atomic E-state index is 0.235. The van der Waals surface area contributed by atoms with Crippen LogP contribution in [-0.2, 0) is 9.53 Å². The third kappa shape index (κ3) is 4.85. The third-order valence-electron chi connectivity index (χ3n) is 2.58. The summed E-state index contributed by atoms with van der Waals surface area (Å²) in [5, 5.41) is 0. The van der Waals surface area contributed by atoms with Gasteiger partial charge < -0.3 is 4.74 Å². The van der Waals surface area contributed by atoms with Gasteiger partial charge in [-0.2, -0.15) is 0 Å². The summed E-state index contributed by atoms with van der Waals surface area (Å²) < 4.78 is 5.06. The molecule has 0 radical (unpaired) electrons. The number of ether oxygens (including phenoxy) is 1. The van der Waals surface area contributed by atoms with E-state index >= 15 is 0 Å². The van der Waals surface area contributed by atoms with Crippen molar-refractivity contribution in [2.24, 2.45) is 5.92 Å². The molecule has 1 rings (SSSR count). The number of carbonyl (C=O) groups is 1. The van der Waals surface area contributed by atoms with Gasteiger partial charge in [-0.3, -0.25) is 4.79 Å². The molecule has 0 heterocycles. The molecule has 0 unspecified atom stereocenters. The zero-order valence-corrected chi connectivity index (χ0v) is 11.0. The van der Waals surface area contributed by atoms with Gasteiger partial charge in [0.15, 0.2) is 0 Å². The molecule has 2 nitrogen and oxygen atoms in total. The Kier molecular flexibility index (Phi) is 4.95. The van der Waals surface area contributed by atoms with Crippen LogP contribution in [0.3, 0.4) is 0 Å². The van der Waals surface area contributed by atoms with Crippen LogP contribution in [0.25, 0.3) is 6.08 Å². The van der Waals surface area contributed by atoms with Gasteiger partial charge in [0, 0.05) is 6.92 Å². The molecule has 0 N–H and O–H groups in total. The fourth-order valence-corrected chi connectivity index (χ4v) is 1.53. The average molecular weight is 232 g/mol. The van der Waals surface area contributed by atoms with E-state index in [1.807, 2.05) is 6.07 Å². The largest absolute Gasteiger partial charge is 0.461 e. The SMILES string of the molecule is CC(=O)OCC(=Cc1cccc(C)c1)C(C)C. The minimum atomic E-state index is -0.235. The van der Waals surface area contributed by atoms with E-state index in [0.29, 0.717) is 12.5 Å². The normalized spacial score (nSPS) is 11.7. The summed E-state index contributed by atoms with van der Waals surface area (Å²) in [7, 11) is 0. The highest BCUT2D eigenvalue weighted by Gasteiger charge is 2.05. The van der Waals surface area contributed by atoms with E-state index in [-0.39, 0.29) is 5.97 Å². The van der Waals surface area contributed by atoms with Crippen molar-refractivity contribution in [3.63, 3.8) is 0 Å². The first kappa shape index (κ1) is 13.5. The van der Waals surface area contributed by atoms with Crippen LogP contribution in [0.5, 0.6) is 0 Å². The standard InChI is InChI=1S/C15H20O2/c1-11(2)15(10-17-13(4)16)9-14-7-5-6-12(3)8-14/h5-9,11H,10H2,1-4H3. The van der Waals surface area contributed by atoms with Crippen LogP contribution in [0.2, 0.25) is 0 Å². The fraction of sp³-hybridized carbons (Fsp3) is 0.400. The van der Waals surface area contributed by atoms with Gasteiger partial charge in [0.25, 0.3) is 0 Å². The van der Waals surface area contributed by atoms with Crippen molar-refractivity contribution in [2.75, 3.05) is 6.61 Å². The first-order valence-corrected chi connectivity index (χ1v) is 5.89. The molecule has 0 aromatic heterocycles. The summed E-state index contributed by atoms with van der Waals surface area (Å²) in [5.41, 5.74) is 3.51. The predicted octanol–water partition coefficient (Wildman–Crippen LogP) is 3.60. The summed E-state index contributed by atoms with van der Waals surface area (Å²) >= 11 is 0. The number of esters is 1. The lowest BCUT2D eigenvalue weighted by Crippen LogP contribution is -2.07. The van der Waals surface area contributed by atoms with Gasteiger partial charge in [0.1, 0.15) is 6.61 Å². The Labute approximate surface area is 103 Å². The minimum Gasteiger partial charge on any atom is -0.461 e. The first-order chi connectivity index (χ1) is 7.99. The molecular formula is C15H20O2. The zero-order chi connectivity index (χ0) is 12.8. The first-order valence-electron chi connectivity index (χ1n) is 5.89. The van der Waals surface area contributed by atoms with Crippen molar-refractivity contribution >= 4 is 12.0 Å². The molecule has 0 saturated carbocycles. The Morgan fingerprint density at radius 2 is 2.12 bits per heavy atom. The highest BCUT2D eigenvalue weighted by atomic mass is 16.5. The number of carbonyl (C=O) groups excluding carboxylic acids is 1. The molecule has 0 aliphatic carbocycles. The van der Waals surface area contributed by atoms with E-state index in [1.54, 1.807) is 0 Å². The van der Waals surface area contributed by atoms with Gasteiger partial charge in [-0.1, -0.05) is 49.8 Å². The van der Waals surface area contributed by atoms with Crippen LogP contribution in [0.15, 0.2) is 29.8 Å². The Hall–Kier alpha value is -1.57. The molecule has 2 heteroatoms. The van der Waals surface area contributed by atoms with Crippen molar-refractivity contribution in [2.45, 2.75) is 27.7 Å². The van der Waals surface area contributed by atoms with Gasteiger partial charge in [-0.05, 0) is 24.0 Å². The van der Waals surface area contributed by atoms with Crippen molar-refractivity contribution in [1.82, 2.24) is 0 Å². The van der Waals surface area contributed by atoms with Crippen LogP contribution in [0.4, 0.5) is 0 Å². The average Bonchev–Trinajstić information content (AvgIpc) is 2.23. The number of rotatable bonds is 4. The fourth-order valence-electron chi connectivity index (χ4n) is 1.53. The predicted molar refractivity (Wildman–Crippen MR) is 70.6 cm³/mol. The molecule has 0 bridgehead atoms. The molecular weight excluding hydrogens is 212 g/mol. The van der Waals surface area contributed by atoms with Gasteiger partial charge in [0.05, 0.1) is 0 Å². The monoisotopic (exact) mass is 232 g/mol. The number of aryl methyl sites for hydroxylation is 1. The topological polar surface area (TPSA) is 26.3 Å². The summed E-state index contributed by atoms with van der Waals surface area (Å²) in [6, 6.07) is 8.28. The van der Waals surface area contributed by atoms with E-state index in [1.165, 1.54) is 12.5 Å². The smallest absolute Gasteiger partial charge is 0.302 e. The van der Waals surface area contributed by atoms with E-state index in [2.05, 4.69) is 45.0 Å². The molecule has 0 saturated heterocycles. The Balaban J connectivity index is 2.86. The third-order valence-corrected chi connectivity index (χ3v) is 2.58. The van der Waals surface area contributed by atoms with Gasteiger partial charge in [-0.25, -0.2) is 0 Å². The molecule has 92 valence electrons. The Bertz CT molecular complexity index is 417. The highest BCUT2D eigenvalue weighted by Crippen LogP contribution is 2.16. The van der Waals surface area contributed by atoms with Gasteiger partial charge in [-0.15, -0.1) is 0 Å². The summed E-state index contributed by atoms with van der Waals surface area (Å²) in [4.78, 5) is 10.8. The second kappa shape index (κ2) is 6.24. The van der Waals surface area contributed by atoms with Crippen LogP contribution >= 0.6 is 0 Å². The molecule has 0 aliphatic rings. The lowest BCUT2D eigenvalue weighted by atomic mass is 10.0. The van der Waals surface area contributed by atoms with Crippen LogP contribution in [0, 0.1) is 12.8 Å². The van der Waals surface area contributed by atoms with E-state index in [4.69, 9.17) is 4.74 Å². The molecule has 17 heavy (non-hydrogen) atoms. The van der Waals surface area contributed by atoms with Crippen LogP contribution < -0.4 is 0 Å². The number of hydrogen-bond acceptors (Lipinski definition) is 2. The second-order valence-corrected chi connectivity index (χ2v) is 4.57. The number of benzene rings is 1. The maximum absolute atomic E-state index is 10.8. The second-order valence-electron chi connectivity index (χ2n) is 4.57.